The van der Waals surface area contributed by atoms with E-state index in [4.69, 9.17) is 0 Å². The molecule has 1 fully saturated rings. The van der Waals surface area contributed by atoms with Crippen LogP contribution in [0.4, 0.5) is 15.2 Å². The molecule has 2 aromatic carbocycles. The summed E-state index contributed by atoms with van der Waals surface area (Å²) < 4.78 is 13.1. The predicted molar refractivity (Wildman–Crippen MR) is 109 cm³/mol. The summed E-state index contributed by atoms with van der Waals surface area (Å²) in [7, 11) is 0. The molecular weight excluding hydrogens is 391 g/mol. The molecule has 6 nitrogen and oxygen atoms in total. The number of benzene rings is 2. The van der Waals surface area contributed by atoms with E-state index in [1.807, 2.05) is 30.3 Å². The molecule has 0 spiro atoms. The molecule has 2 heterocycles. The van der Waals surface area contributed by atoms with Crippen molar-refractivity contribution in [3.05, 3.63) is 71.0 Å². The van der Waals surface area contributed by atoms with Crippen molar-refractivity contribution in [2.24, 2.45) is 0 Å². The van der Waals surface area contributed by atoms with Crippen LogP contribution in [0.1, 0.15) is 29.3 Å². The molecule has 0 bridgehead atoms. The third kappa shape index (κ3) is 4.65. The molecule has 1 aliphatic rings. The molecule has 0 saturated carbocycles. The number of hydrogen-bond acceptors (Lipinski definition) is 5. The monoisotopic (exact) mass is 410 g/mol. The summed E-state index contributed by atoms with van der Waals surface area (Å²) >= 11 is 1.29. The maximum Gasteiger partial charge on any atom is 0.227 e. The van der Waals surface area contributed by atoms with Gasteiger partial charge in [0.15, 0.2) is 0 Å². The van der Waals surface area contributed by atoms with Gasteiger partial charge in [-0.1, -0.05) is 41.7 Å². The van der Waals surface area contributed by atoms with E-state index < -0.39 is 0 Å². The molecule has 4 rings (SSSR count). The molecule has 8 heteroatoms. The first-order chi connectivity index (χ1) is 14.1. The molecule has 0 aliphatic carbocycles. The minimum atomic E-state index is -0.339. The van der Waals surface area contributed by atoms with Crippen LogP contribution in [0.5, 0.6) is 0 Å². The number of carbonyl (C=O) groups is 2. The Morgan fingerprint density at radius 2 is 1.90 bits per heavy atom. The highest BCUT2D eigenvalue weighted by atomic mass is 32.1. The number of halogens is 1. The Bertz CT molecular complexity index is 1010. The fourth-order valence-corrected chi connectivity index (χ4v) is 4.13. The molecule has 2 amide bonds. The van der Waals surface area contributed by atoms with E-state index in [1.165, 1.54) is 23.5 Å². The van der Waals surface area contributed by atoms with Crippen LogP contribution < -0.4 is 10.2 Å². The molecule has 148 valence electrons. The molecule has 1 N–H and O–H groups in total. The lowest BCUT2D eigenvalue weighted by atomic mass is 10.1. The second-order valence-electron chi connectivity index (χ2n) is 6.86. The molecule has 1 atom stereocenters. The number of carbonyl (C=O) groups excluding carboxylic acids is 2. The summed E-state index contributed by atoms with van der Waals surface area (Å²) in [5.41, 5.74) is 1.77. The van der Waals surface area contributed by atoms with Gasteiger partial charge >= 0.3 is 0 Å². The Hall–Kier alpha value is -3.13. The van der Waals surface area contributed by atoms with Crippen LogP contribution in [-0.2, 0) is 16.0 Å². The standard InChI is InChI=1S/C21H19FN4O2S/c22-16-7-9-17(10-8-16)26-13-15(12-19(26)28)20-24-25-21(29-20)23-18(27)11-6-14-4-2-1-3-5-14/h1-5,7-10,15H,6,11-13H2,(H,23,25,27). The van der Waals surface area contributed by atoms with Crippen LogP contribution in [0.3, 0.4) is 0 Å². The number of aryl methyl sites for hydroxylation is 1. The van der Waals surface area contributed by atoms with Gasteiger partial charge < -0.3 is 10.2 Å². The first-order valence-corrected chi connectivity index (χ1v) is 10.1. The van der Waals surface area contributed by atoms with E-state index in [0.717, 1.165) is 5.56 Å². The summed E-state index contributed by atoms with van der Waals surface area (Å²) in [6.07, 6.45) is 1.33. The molecular formula is C21H19FN4O2S. The molecule has 1 saturated heterocycles. The van der Waals surface area contributed by atoms with Crippen LogP contribution >= 0.6 is 11.3 Å². The first kappa shape index (κ1) is 19.2. The smallest absolute Gasteiger partial charge is 0.227 e. The van der Waals surface area contributed by atoms with Crippen LogP contribution in [-0.4, -0.2) is 28.6 Å². The number of rotatable bonds is 6. The van der Waals surface area contributed by atoms with Crippen molar-refractivity contribution in [1.29, 1.82) is 0 Å². The average Bonchev–Trinajstić information content (AvgIpc) is 3.34. The molecule has 1 aromatic heterocycles. The number of anilines is 2. The Balaban J connectivity index is 1.34. The zero-order chi connectivity index (χ0) is 20.2. The molecule has 1 aliphatic heterocycles. The fourth-order valence-electron chi connectivity index (χ4n) is 3.28. The third-order valence-electron chi connectivity index (χ3n) is 4.78. The van der Waals surface area contributed by atoms with Crippen LogP contribution in [0.25, 0.3) is 0 Å². The molecule has 29 heavy (non-hydrogen) atoms. The highest BCUT2D eigenvalue weighted by molar-refractivity contribution is 7.15. The van der Waals surface area contributed by atoms with Gasteiger partial charge in [-0.05, 0) is 36.2 Å². The molecule has 0 radical (unpaired) electrons. The lowest BCUT2D eigenvalue weighted by Crippen LogP contribution is -2.24. The maximum absolute atomic E-state index is 13.1. The first-order valence-electron chi connectivity index (χ1n) is 9.31. The van der Waals surface area contributed by atoms with Gasteiger partial charge in [-0.3, -0.25) is 9.59 Å². The van der Waals surface area contributed by atoms with Crippen LogP contribution in [0.2, 0.25) is 0 Å². The maximum atomic E-state index is 13.1. The lowest BCUT2D eigenvalue weighted by Gasteiger charge is -2.16. The Morgan fingerprint density at radius 1 is 1.14 bits per heavy atom. The van der Waals surface area contributed by atoms with E-state index >= 15 is 0 Å². The lowest BCUT2D eigenvalue weighted by molar-refractivity contribution is -0.117. The largest absolute Gasteiger partial charge is 0.312 e. The van der Waals surface area contributed by atoms with Gasteiger partial charge in [0, 0.05) is 31.0 Å². The summed E-state index contributed by atoms with van der Waals surface area (Å²) in [4.78, 5) is 26.2. The van der Waals surface area contributed by atoms with Crippen molar-refractivity contribution in [2.75, 3.05) is 16.8 Å². The SMILES string of the molecule is O=C(CCc1ccccc1)Nc1nnc(C2CC(=O)N(c3ccc(F)cc3)C2)s1. The number of hydrogen-bond donors (Lipinski definition) is 1. The van der Waals surface area contributed by atoms with Gasteiger partial charge in [-0.25, -0.2) is 4.39 Å². The highest BCUT2D eigenvalue weighted by Gasteiger charge is 2.34. The topological polar surface area (TPSA) is 75.2 Å². The minimum absolute atomic E-state index is 0.0368. The average molecular weight is 410 g/mol. The van der Waals surface area contributed by atoms with E-state index in [0.29, 0.717) is 41.6 Å². The van der Waals surface area contributed by atoms with E-state index in [1.54, 1.807) is 17.0 Å². The fraction of sp³-hybridized carbons (Fsp3) is 0.238. The van der Waals surface area contributed by atoms with Crippen molar-refractivity contribution < 1.29 is 14.0 Å². The Kier molecular flexibility index (Phi) is 5.62. The van der Waals surface area contributed by atoms with E-state index in [2.05, 4.69) is 15.5 Å². The number of aromatic nitrogens is 2. The number of amides is 2. The van der Waals surface area contributed by atoms with E-state index in [-0.39, 0.29) is 23.5 Å². The zero-order valence-electron chi connectivity index (χ0n) is 15.5. The van der Waals surface area contributed by atoms with Crippen molar-refractivity contribution in [3.63, 3.8) is 0 Å². The zero-order valence-corrected chi connectivity index (χ0v) is 16.4. The van der Waals surface area contributed by atoms with Crippen LogP contribution in [0.15, 0.2) is 54.6 Å². The van der Waals surface area contributed by atoms with Gasteiger partial charge in [0.25, 0.3) is 0 Å². The molecule has 3 aromatic rings. The van der Waals surface area contributed by atoms with Gasteiger partial charge in [0.05, 0.1) is 0 Å². The van der Waals surface area contributed by atoms with Crippen molar-refractivity contribution in [2.45, 2.75) is 25.2 Å². The quantitative estimate of drug-likeness (QED) is 0.671. The summed E-state index contributed by atoms with van der Waals surface area (Å²) in [5, 5.41) is 12.1. The summed E-state index contributed by atoms with van der Waals surface area (Å²) in [6.45, 7) is 0.459. The second kappa shape index (κ2) is 8.48. The van der Waals surface area contributed by atoms with Crippen molar-refractivity contribution in [3.8, 4) is 0 Å². The van der Waals surface area contributed by atoms with E-state index in [9.17, 15) is 14.0 Å². The van der Waals surface area contributed by atoms with Crippen LogP contribution in [0, 0.1) is 5.82 Å². The summed E-state index contributed by atoms with van der Waals surface area (Å²) in [5.74, 6) is -0.592. The number of nitrogens with zero attached hydrogens (tertiary/aromatic N) is 3. The second-order valence-corrected chi connectivity index (χ2v) is 7.87. The Morgan fingerprint density at radius 3 is 2.66 bits per heavy atom. The molecule has 1 unspecified atom stereocenters. The van der Waals surface area contributed by atoms with Crippen molar-refractivity contribution in [1.82, 2.24) is 10.2 Å². The van der Waals surface area contributed by atoms with Crippen molar-refractivity contribution >= 4 is 34.0 Å². The van der Waals surface area contributed by atoms with Gasteiger partial charge in [-0.15, -0.1) is 10.2 Å². The number of nitrogens with one attached hydrogen (secondary N) is 1. The highest BCUT2D eigenvalue weighted by Crippen LogP contribution is 2.34. The van der Waals surface area contributed by atoms with Gasteiger partial charge in [0.2, 0.25) is 16.9 Å². The predicted octanol–water partition coefficient (Wildman–Crippen LogP) is 3.77. The summed E-state index contributed by atoms with van der Waals surface area (Å²) in [6, 6.07) is 15.7. The minimum Gasteiger partial charge on any atom is -0.312 e. The van der Waals surface area contributed by atoms with Gasteiger partial charge in [-0.2, -0.15) is 0 Å². The third-order valence-corrected chi connectivity index (χ3v) is 5.78. The normalized spacial score (nSPS) is 16.2. The Labute approximate surface area is 171 Å². The van der Waals surface area contributed by atoms with Gasteiger partial charge in [0.1, 0.15) is 10.8 Å².